The minimum Gasteiger partial charge on any atom is -0.273 e. The highest BCUT2D eigenvalue weighted by Crippen LogP contribution is 2.48. The molecule has 3 aromatic rings. The molecule has 8 heteroatoms. The van der Waals surface area contributed by atoms with Gasteiger partial charge in [-0.1, -0.05) is 69.5 Å². The Morgan fingerprint density at radius 1 is 0.871 bits per heavy atom. The monoisotopic (exact) mass is 516 g/mol. The third kappa shape index (κ3) is 3.44. The number of para-hydroxylation sites is 1. The first-order valence-corrected chi connectivity index (χ1v) is 11.1. The topological polar surface area (TPSA) is 49.9 Å². The fourth-order valence-electron chi connectivity index (χ4n) is 4.14. The van der Waals surface area contributed by atoms with Gasteiger partial charge in [0, 0.05) is 9.50 Å². The molecule has 0 unspecified atom stereocenters. The number of hydrogen-bond donors (Lipinski definition) is 0. The van der Waals surface area contributed by atoms with E-state index in [4.69, 9.17) is 28.0 Å². The van der Waals surface area contributed by atoms with Crippen molar-refractivity contribution in [2.75, 3.05) is 9.96 Å². The number of halogens is 3. The van der Waals surface area contributed by atoms with Crippen molar-refractivity contribution < 1.29 is 14.4 Å². The van der Waals surface area contributed by atoms with Gasteiger partial charge in [-0.15, -0.1) is 0 Å². The van der Waals surface area contributed by atoms with Crippen LogP contribution in [0.1, 0.15) is 11.6 Å². The summed E-state index contributed by atoms with van der Waals surface area (Å²) in [5.41, 5.74) is 1.92. The maximum absolute atomic E-state index is 13.6. The number of amides is 2. The van der Waals surface area contributed by atoms with E-state index in [2.05, 4.69) is 15.9 Å². The first kappa shape index (κ1) is 20.5. The Hall–Kier alpha value is -2.38. The summed E-state index contributed by atoms with van der Waals surface area (Å²) in [5.74, 6) is -1.53. The Labute approximate surface area is 197 Å². The summed E-state index contributed by atoms with van der Waals surface area (Å²) >= 11 is 15.8. The highest BCUT2D eigenvalue weighted by atomic mass is 79.9. The number of carbonyl (C=O) groups excluding carboxylic acids is 2. The van der Waals surface area contributed by atoms with Gasteiger partial charge in [0.2, 0.25) is 5.91 Å². The van der Waals surface area contributed by atoms with E-state index >= 15 is 0 Å². The SMILES string of the molecule is O=C1[C@@H]2[C@@H](ON(c3ccccc3)[C@H]2c2cccc(Br)c2)C(=O)N1c1ccc(Cl)cc1Cl. The molecule has 5 nitrogen and oxygen atoms in total. The van der Waals surface area contributed by atoms with Gasteiger partial charge in [0.15, 0.2) is 6.10 Å². The van der Waals surface area contributed by atoms with Gasteiger partial charge in [-0.05, 0) is 48.0 Å². The Morgan fingerprint density at radius 3 is 2.35 bits per heavy atom. The molecule has 3 aromatic carbocycles. The van der Waals surface area contributed by atoms with Crippen molar-refractivity contribution in [2.24, 2.45) is 5.92 Å². The van der Waals surface area contributed by atoms with Crippen LogP contribution < -0.4 is 9.96 Å². The van der Waals surface area contributed by atoms with Crippen molar-refractivity contribution in [1.29, 1.82) is 0 Å². The second-order valence-electron chi connectivity index (χ2n) is 7.32. The molecule has 0 aliphatic carbocycles. The molecule has 2 amide bonds. The molecule has 0 saturated carbocycles. The zero-order chi connectivity index (χ0) is 21.7. The summed E-state index contributed by atoms with van der Waals surface area (Å²) in [6.45, 7) is 0. The van der Waals surface area contributed by atoms with Gasteiger partial charge in [0.1, 0.15) is 5.92 Å². The number of fused-ring (bicyclic) bond motifs is 1. The summed E-state index contributed by atoms with van der Waals surface area (Å²) in [6, 6.07) is 21.3. The lowest BCUT2D eigenvalue weighted by Crippen LogP contribution is -2.37. The van der Waals surface area contributed by atoms with Crippen molar-refractivity contribution in [3.05, 3.63) is 92.9 Å². The maximum Gasteiger partial charge on any atom is 0.266 e. The van der Waals surface area contributed by atoms with Crippen LogP contribution in [-0.4, -0.2) is 17.9 Å². The van der Waals surface area contributed by atoms with Crippen LogP contribution in [0.4, 0.5) is 11.4 Å². The van der Waals surface area contributed by atoms with Crippen LogP contribution in [0.3, 0.4) is 0 Å². The van der Waals surface area contributed by atoms with Gasteiger partial charge >= 0.3 is 0 Å². The molecule has 0 N–H and O–H groups in total. The Balaban J connectivity index is 1.60. The number of hydrogen-bond acceptors (Lipinski definition) is 4. The summed E-state index contributed by atoms with van der Waals surface area (Å²) in [5, 5.41) is 2.31. The van der Waals surface area contributed by atoms with Gasteiger partial charge in [-0.2, -0.15) is 0 Å². The second-order valence-corrected chi connectivity index (χ2v) is 9.08. The van der Waals surface area contributed by atoms with Crippen LogP contribution in [-0.2, 0) is 14.4 Å². The summed E-state index contributed by atoms with van der Waals surface area (Å²) in [7, 11) is 0. The molecule has 2 aliphatic rings. The van der Waals surface area contributed by atoms with Crippen LogP contribution in [0, 0.1) is 5.92 Å². The zero-order valence-electron chi connectivity index (χ0n) is 15.9. The number of imide groups is 1. The quantitative estimate of drug-likeness (QED) is 0.411. The van der Waals surface area contributed by atoms with Crippen molar-refractivity contribution in [3.63, 3.8) is 0 Å². The number of rotatable bonds is 3. The van der Waals surface area contributed by atoms with Crippen LogP contribution >= 0.6 is 39.1 Å². The molecule has 2 heterocycles. The molecular weight excluding hydrogens is 503 g/mol. The predicted octanol–water partition coefficient (Wildman–Crippen LogP) is 5.81. The fraction of sp³-hybridized carbons (Fsp3) is 0.130. The standard InChI is InChI=1S/C23H15BrCl2N2O3/c24-14-6-4-5-13(11-14)20-19-21(31-28(20)16-7-2-1-3-8-16)23(30)27(22(19)29)18-10-9-15(25)12-17(18)26/h1-12,19-21H/t19-,20-,21+/m0/s1. The highest BCUT2D eigenvalue weighted by molar-refractivity contribution is 9.10. The van der Waals surface area contributed by atoms with Gasteiger partial charge in [-0.25, -0.2) is 9.96 Å². The molecule has 2 fully saturated rings. The van der Waals surface area contributed by atoms with E-state index in [1.165, 1.54) is 6.07 Å². The lowest BCUT2D eigenvalue weighted by molar-refractivity contribution is -0.126. The lowest BCUT2D eigenvalue weighted by atomic mass is 9.90. The van der Waals surface area contributed by atoms with E-state index in [1.54, 1.807) is 17.2 Å². The number of hydroxylamine groups is 1. The molecule has 2 aliphatic heterocycles. The van der Waals surface area contributed by atoms with E-state index in [1.807, 2.05) is 54.6 Å². The normalized spacial score (nSPS) is 22.9. The minimum absolute atomic E-state index is 0.230. The average Bonchev–Trinajstić information content (AvgIpc) is 3.26. The molecule has 156 valence electrons. The molecule has 3 atom stereocenters. The molecular formula is C23H15BrCl2N2O3. The number of benzene rings is 3. The van der Waals surface area contributed by atoms with Gasteiger partial charge in [0.05, 0.1) is 22.4 Å². The first-order valence-electron chi connectivity index (χ1n) is 9.55. The Kier molecular flexibility index (Phi) is 5.26. The van der Waals surface area contributed by atoms with Crippen LogP contribution in [0.5, 0.6) is 0 Å². The zero-order valence-corrected chi connectivity index (χ0v) is 19.0. The predicted molar refractivity (Wildman–Crippen MR) is 123 cm³/mol. The summed E-state index contributed by atoms with van der Waals surface area (Å²) in [6.07, 6.45) is -0.955. The molecule has 0 aromatic heterocycles. The van der Waals surface area contributed by atoms with Crippen molar-refractivity contribution >= 4 is 62.3 Å². The molecule has 2 saturated heterocycles. The Morgan fingerprint density at radius 2 is 1.65 bits per heavy atom. The van der Waals surface area contributed by atoms with E-state index in [0.717, 1.165) is 20.6 Å². The smallest absolute Gasteiger partial charge is 0.266 e. The van der Waals surface area contributed by atoms with E-state index in [9.17, 15) is 9.59 Å². The number of carbonyl (C=O) groups is 2. The molecule has 0 radical (unpaired) electrons. The first-order chi connectivity index (χ1) is 15.0. The molecule has 31 heavy (non-hydrogen) atoms. The largest absolute Gasteiger partial charge is 0.273 e. The molecule has 5 rings (SSSR count). The third-order valence-electron chi connectivity index (χ3n) is 5.47. The van der Waals surface area contributed by atoms with Gasteiger partial charge < -0.3 is 0 Å². The fourth-order valence-corrected chi connectivity index (χ4v) is 5.05. The molecule has 0 bridgehead atoms. The van der Waals surface area contributed by atoms with Crippen LogP contribution in [0.15, 0.2) is 77.3 Å². The highest BCUT2D eigenvalue weighted by Gasteiger charge is 2.60. The summed E-state index contributed by atoms with van der Waals surface area (Å²) in [4.78, 5) is 34.1. The van der Waals surface area contributed by atoms with Crippen molar-refractivity contribution in [2.45, 2.75) is 12.1 Å². The molecule has 0 spiro atoms. The number of anilines is 2. The Bertz CT molecular complexity index is 1190. The third-order valence-corrected chi connectivity index (χ3v) is 6.50. The lowest BCUT2D eigenvalue weighted by Gasteiger charge is -2.29. The van der Waals surface area contributed by atoms with Gasteiger partial charge in [-0.3, -0.25) is 14.4 Å². The average molecular weight is 518 g/mol. The van der Waals surface area contributed by atoms with Crippen LogP contribution in [0.25, 0.3) is 0 Å². The number of nitrogens with zero attached hydrogens (tertiary/aromatic N) is 2. The maximum atomic E-state index is 13.6. The van der Waals surface area contributed by atoms with Crippen LogP contribution in [0.2, 0.25) is 10.0 Å². The van der Waals surface area contributed by atoms with Crippen molar-refractivity contribution in [3.8, 4) is 0 Å². The second kappa shape index (κ2) is 7.95. The minimum atomic E-state index is -0.955. The summed E-state index contributed by atoms with van der Waals surface area (Å²) < 4.78 is 0.871. The van der Waals surface area contributed by atoms with E-state index < -0.39 is 24.0 Å². The van der Waals surface area contributed by atoms with Crippen molar-refractivity contribution in [1.82, 2.24) is 0 Å². The van der Waals surface area contributed by atoms with Gasteiger partial charge in [0.25, 0.3) is 5.91 Å². The van der Waals surface area contributed by atoms with E-state index in [0.29, 0.717) is 10.7 Å². The van der Waals surface area contributed by atoms with E-state index in [-0.39, 0.29) is 10.9 Å².